The summed E-state index contributed by atoms with van der Waals surface area (Å²) in [6.45, 7) is 0.289. The number of carbonyl (C=O) groups is 1. The Morgan fingerprint density at radius 2 is 2.00 bits per heavy atom. The molecule has 0 aromatic heterocycles. The third-order valence-corrected chi connectivity index (χ3v) is 3.73. The first-order valence-electron chi connectivity index (χ1n) is 7.04. The third-order valence-electron chi connectivity index (χ3n) is 3.73. The summed E-state index contributed by atoms with van der Waals surface area (Å²) in [7, 11) is 0. The quantitative estimate of drug-likeness (QED) is 0.812. The molecule has 0 bridgehead atoms. The number of amides is 1. The van der Waals surface area contributed by atoms with Crippen LogP contribution in [-0.2, 0) is 4.79 Å². The minimum Gasteiger partial charge on any atom is -0.391 e. The van der Waals surface area contributed by atoms with Crippen LogP contribution in [0.15, 0.2) is 30.3 Å². The van der Waals surface area contributed by atoms with Crippen molar-refractivity contribution >= 4 is 12.0 Å². The van der Waals surface area contributed by atoms with Gasteiger partial charge in [0.15, 0.2) is 0 Å². The fourth-order valence-electron chi connectivity index (χ4n) is 2.52. The van der Waals surface area contributed by atoms with Gasteiger partial charge in [-0.25, -0.2) is 4.39 Å². The van der Waals surface area contributed by atoms with E-state index in [0.717, 1.165) is 18.4 Å². The first-order valence-corrected chi connectivity index (χ1v) is 7.04. The lowest BCUT2D eigenvalue weighted by Crippen LogP contribution is -2.34. The van der Waals surface area contributed by atoms with Gasteiger partial charge in [0.2, 0.25) is 5.91 Å². The van der Waals surface area contributed by atoms with E-state index in [0.29, 0.717) is 5.92 Å². The van der Waals surface area contributed by atoms with Crippen molar-refractivity contribution in [2.24, 2.45) is 5.92 Å². The zero-order valence-corrected chi connectivity index (χ0v) is 11.4. The first-order chi connectivity index (χ1) is 9.65. The van der Waals surface area contributed by atoms with E-state index >= 15 is 0 Å². The largest absolute Gasteiger partial charge is 0.391 e. The molecule has 1 aliphatic carbocycles. The van der Waals surface area contributed by atoms with Crippen LogP contribution in [-0.4, -0.2) is 23.7 Å². The van der Waals surface area contributed by atoms with E-state index in [1.54, 1.807) is 18.2 Å². The van der Waals surface area contributed by atoms with Crippen LogP contribution in [0.2, 0.25) is 0 Å². The Balaban J connectivity index is 1.75. The van der Waals surface area contributed by atoms with Gasteiger partial charge in [-0.1, -0.05) is 25.0 Å². The van der Waals surface area contributed by atoms with Gasteiger partial charge < -0.3 is 10.4 Å². The molecule has 2 rings (SSSR count). The van der Waals surface area contributed by atoms with Gasteiger partial charge in [0.1, 0.15) is 5.82 Å². The highest BCUT2D eigenvalue weighted by Gasteiger charge is 2.22. The second-order valence-corrected chi connectivity index (χ2v) is 5.24. The second-order valence-electron chi connectivity index (χ2n) is 5.24. The average molecular weight is 277 g/mol. The lowest BCUT2D eigenvalue weighted by Gasteiger charge is -2.17. The highest BCUT2D eigenvalue weighted by molar-refractivity contribution is 5.91. The van der Waals surface area contributed by atoms with Crippen molar-refractivity contribution in [2.75, 3.05) is 6.54 Å². The van der Waals surface area contributed by atoms with E-state index in [4.69, 9.17) is 0 Å². The summed E-state index contributed by atoms with van der Waals surface area (Å²) in [4.78, 5) is 11.6. The van der Waals surface area contributed by atoms with Gasteiger partial charge >= 0.3 is 0 Å². The molecule has 1 amide bonds. The number of carbonyl (C=O) groups excluding carboxylic acids is 1. The maximum atomic E-state index is 12.7. The summed E-state index contributed by atoms with van der Waals surface area (Å²) in [5, 5.41) is 12.6. The summed E-state index contributed by atoms with van der Waals surface area (Å²) in [6, 6.07) is 5.90. The number of benzene rings is 1. The van der Waals surface area contributed by atoms with Gasteiger partial charge in [-0.15, -0.1) is 0 Å². The number of aliphatic hydroxyl groups is 1. The summed E-state index contributed by atoms with van der Waals surface area (Å²) < 4.78 is 12.7. The Hall–Kier alpha value is -1.68. The average Bonchev–Trinajstić information content (AvgIpc) is 2.98. The summed E-state index contributed by atoms with van der Waals surface area (Å²) in [5.41, 5.74) is 0.762. The molecule has 1 aromatic carbocycles. The number of halogens is 1. The van der Waals surface area contributed by atoms with Gasteiger partial charge in [0.25, 0.3) is 0 Å². The van der Waals surface area contributed by atoms with Crippen LogP contribution < -0.4 is 5.32 Å². The van der Waals surface area contributed by atoms with Crippen molar-refractivity contribution in [3.8, 4) is 0 Å². The van der Waals surface area contributed by atoms with Gasteiger partial charge in [-0.05, 0) is 42.5 Å². The van der Waals surface area contributed by atoms with Crippen LogP contribution in [0, 0.1) is 11.7 Å². The van der Waals surface area contributed by atoms with E-state index < -0.39 is 6.10 Å². The van der Waals surface area contributed by atoms with Crippen molar-refractivity contribution in [3.63, 3.8) is 0 Å². The second kappa shape index (κ2) is 7.20. The number of rotatable bonds is 5. The smallest absolute Gasteiger partial charge is 0.244 e. The maximum Gasteiger partial charge on any atom is 0.244 e. The van der Waals surface area contributed by atoms with Crippen LogP contribution in [0.4, 0.5) is 4.39 Å². The van der Waals surface area contributed by atoms with E-state index in [1.807, 2.05) is 0 Å². The Kier molecular flexibility index (Phi) is 5.30. The molecule has 4 heteroatoms. The lowest BCUT2D eigenvalue weighted by molar-refractivity contribution is -0.117. The number of nitrogens with one attached hydrogen (secondary N) is 1. The fraction of sp³-hybridized carbons (Fsp3) is 0.438. The third kappa shape index (κ3) is 4.46. The Morgan fingerprint density at radius 1 is 1.35 bits per heavy atom. The molecular formula is C16H20FNO2. The van der Waals surface area contributed by atoms with Crippen LogP contribution in [0.3, 0.4) is 0 Å². The predicted molar refractivity (Wildman–Crippen MR) is 76.4 cm³/mol. The van der Waals surface area contributed by atoms with Crippen molar-refractivity contribution < 1.29 is 14.3 Å². The molecule has 0 saturated heterocycles. The number of hydrogen-bond acceptors (Lipinski definition) is 2. The molecule has 1 atom stereocenters. The number of aliphatic hydroxyl groups excluding tert-OH is 1. The van der Waals surface area contributed by atoms with Gasteiger partial charge in [-0.2, -0.15) is 0 Å². The molecule has 2 N–H and O–H groups in total. The molecule has 1 aliphatic rings. The minimum absolute atomic E-state index is 0.244. The highest BCUT2D eigenvalue weighted by atomic mass is 19.1. The van der Waals surface area contributed by atoms with Gasteiger partial charge in [-0.3, -0.25) is 4.79 Å². The molecule has 1 fully saturated rings. The van der Waals surface area contributed by atoms with Crippen molar-refractivity contribution in [3.05, 3.63) is 41.7 Å². The van der Waals surface area contributed by atoms with E-state index in [9.17, 15) is 14.3 Å². The Bertz CT molecular complexity index is 464. The lowest BCUT2D eigenvalue weighted by atomic mass is 10.0. The summed E-state index contributed by atoms with van der Waals surface area (Å²) in [6.07, 6.45) is 6.98. The maximum absolute atomic E-state index is 12.7. The molecule has 3 nitrogen and oxygen atoms in total. The molecule has 108 valence electrons. The van der Waals surface area contributed by atoms with E-state index in [2.05, 4.69) is 5.32 Å². The van der Waals surface area contributed by atoms with E-state index in [-0.39, 0.29) is 18.3 Å². The van der Waals surface area contributed by atoms with Crippen LogP contribution in [0.5, 0.6) is 0 Å². The molecule has 0 aliphatic heterocycles. The topological polar surface area (TPSA) is 49.3 Å². The molecule has 0 heterocycles. The summed E-state index contributed by atoms with van der Waals surface area (Å²) in [5.74, 6) is -0.228. The zero-order valence-electron chi connectivity index (χ0n) is 11.4. The number of hydrogen-bond donors (Lipinski definition) is 2. The molecule has 0 spiro atoms. The zero-order chi connectivity index (χ0) is 14.4. The highest BCUT2D eigenvalue weighted by Crippen LogP contribution is 2.27. The molecule has 1 aromatic rings. The van der Waals surface area contributed by atoms with Crippen molar-refractivity contribution in [2.45, 2.75) is 31.8 Å². The predicted octanol–water partition coefficient (Wildman–Crippen LogP) is 2.51. The SMILES string of the molecule is O=C(/C=C/c1ccc(F)cc1)NCC(O)C1CCCC1. The Labute approximate surface area is 118 Å². The molecule has 1 unspecified atom stereocenters. The standard InChI is InChI=1S/C16H20FNO2/c17-14-8-5-12(6-9-14)7-10-16(20)18-11-15(19)13-3-1-2-4-13/h5-10,13,15,19H,1-4,11H2,(H,18,20)/b10-7+. The van der Waals surface area contributed by atoms with Gasteiger partial charge in [0.05, 0.1) is 6.10 Å². The normalized spacial score (nSPS) is 17.5. The minimum atomic E-state index is -0.458. The first kappa shape index (κ1) is 14.7. The summed E-state index contributed by atoms with van der Waals surface area (Å²) >= 11 is 0. The molecular weight excluding hydrogens is 257 g/mol. The van der Waals surface area contributed by atoms with Crippen molar-refractivity contribution in [1.29, 1.82) is 0 Å². The van der Waals surface area contributed by atoms with Crippen LogP contribution in [0.25, 0.3) is 6.08 Å². The van der Waals surface area contributed by atoms with Crippen molar-refractivity contribution in [1.82, 2.24) is 5.32 Å². The monoisotopic (exact) mass is 277 g/mol. The fourth-order valence-corrected chi connectivity index (χ4v) is 2.52. The van der Waals surface area contributed by atoms with E-state index in [1.165, 1.54) is 31.1 Å². The molecule has 1 saturated carbocycles. The van der Waals surface area contributed by atoms with Crippen LogP contribution in [0.1, 0.15) is 31.2 Å². The van der Waals surface area contributed by atoms with Crippen LogP contribution >= 0.6 is 0 Å². The molecule has 0 radical (unpaired) electrons. The molecule has 20 heavy (non-hydrogen) atoms. The Morgan fingerprint density at radius 3 is 2.65 bits per heavy atom. The van der Waals surface area contributed by atoms with Gasteiger partial charge in [0, 0.05) is 12.6 Å².